The maximum Gasteiger partial charge on any atom is 0.194 e. The van der Waals surface area contributed by atoms with Crippen molar-refractivity contribution in [3.05, 3.63) is 59.7 Å². The number of benzene rings is 2. The topological polar surface area (TPSA) is 60.3 Å². The Bertz CT molecular complexity index is 836. The maximum atomic E-state index is 9.33. The molecule has 0 aliphatic carbocycles. The van der Waals surface area contributed by atoms with E-state index in [0.29, 0.717) is 19.1 Å². The summed E-state index contributed by atoms with van der Waals surface area (Å²) in [5.41, 5.74) is 3.58. The average Bonchev–Trinajstić information content (AvgIpc) is 2.82. The van der Waals surface area contributed by atoms with E-state index in [2.05, 4.69) is 52.4 Å². The predicted molar refractivity (Wildman–Crippen MR) is 143 cm³/mol. The third kappa shape index (κ3) is 7.27. The van der Waals surface area contributed by atoms with E-state index in [4.69, 9.17) is 9.73 Å². The van der Waals surface area contributed by atoms with E-state index in [0.717, 1.165) is 56.3 Å². The normalized spacial score (nSPS) is 14.6. The third-order valence-corrected chi connectivity index (χ3v) is 5.88. The van der Waals surface area contributed by atoms with Crippen LogP contribution in [-0.2, 0) is 13.1 Å². The molecule has 0 aromatic heterocycles. The predicted octanol–water partition coefficient (Wildman–Crippen LogP) is 4.12. The second-order valence-corrected chi connectivity index (χ2v) is 8.12. The number of aliphatic hydroxyl groups is 1. The quantitative estimate of drug-likeness (QED) is 0.293. The highest BCUT2D eigenvalue weighted by Crippen LogP contribution is 2.23. The van der Waals surface area contributed by atoms with Crippen molar-refractivity contribution in [1.82, 2.24) is 10.2 Å². The minimum atomic E-state index is 0. The lowest BCUT2D eigenvalue weighted by Gasteiger charge is -2.32. The van der Waals surface area contributed by atoms with Crippen molar-refractivity contribution in [2.75, 3.05) is 45.3 Å². The highest BCUT2D eigenvalue weighted by Gasteiger charge is 2.18. The van der Waals surface area contributed by atoms with E-state index >= 15 is 0 Å². The first-order chi connectivity index (χ1) is 15.1. The van der Waals surface area contributed by atoms with E-state index in [-0.39, 0.29) is 24.0 Å². The van der Waals surface area contributed by atoms with Crippen molar-refractivity contribution in [3.63, 3.8) is 0 Å². The number of anilines is 1. The van der Waals surface area contributed by atoms with Gasteiger partial charge in [-0.15, -0.1) is 24.0 Å². The van der Waals surface area contributed by atoms with Crippen LogP contribution >= 0.6 is 24.0 Å². The highest BCUT2D eigenvalue weighted by atomic mass is 127. The number of nitrogens with zero attached hydrogens (tertiary/aromatic N) is 3. The van der Waals surface area contributed by atoms with E-state index < -0.39 is 0 Å². The average molecular weight is 553 g/mol. The largest absolute Gasteiger partial charge is 0.496 e. The number of guanidine groups is 1. The van der Waals surface area contributed by atoms with Gasteiger partial charge in [-0.05, 0) is 49.4 Å². The molecule has 32 heavy (non-hydrogen) atoms. The Kier molecular flexibility index (Phi) is 11.1. The van der Waals surface area contributed by atoms with Crippen molar-refractivity contribution in [2.24, 2.45) is 10.9 Å². The van der Waals surface area contributed by atoms with Gasteiger partial charge in [-0.1, -0.05) is 30.3 Å². The Balaban J connectivity index is 0.00000363. The summed E-state index contributed by atoms with van der Waals surface area (Å²) in [4.78, 5) is 9.38. The number of methoxy groups -OCH3 is 1. The zero-order chi connectivity index (χ0) is 22.1. The molecule has 176 valence electrons. The van der Waals surface area contributed by atoms with Gasteiger partial charge in [0, 0.05) is 51.1 Å². The summed E-state index contributed by atoms with van der Waals surface area (Å²) in [5, 5.41) is 12.7. The lowest BCUT2D eigenvalue weighted by atomic mass is 9.97. The van der Waals surface area contributed by atoms with Crippen LogP contribution in [0.5, 0.6) is 5.75 Å². The van der Waals surface area contributed by atoms with Gasteiger partial charge in [-0.3, -0.25) is 0 Å². The van der Waals surface area contributed by atoms with Gasteiger partial charge in [-0.2, -0.15) is 0 Å². The highest BCUT2D eigenvalue weighted by molar-refractivity contribution is 14.0. The molecule has 0 unspecified atom stereocenters. The summed E-state index contributed by atoms with van der Waals surface area (Å²) in [7, 11) is 3.75. The molecule has 1 saturated heterocycles. The third-order valence-electron chi connectivity index (χ3n) is 5.88. The maximum absolute atomic E-state index is 9.33. The van der Waals surface area contributed by atoms with Crippen LogP contribution in [0.1, 0.15) is 30.9 Å². The molecule has 7 heteroatoms. The fourth-order valence-electron chi connectivity index (χ4n) is 3.99. The summed E-state index contributed by atoms with van der Waals surface area (Å²) in [5.74, 6) is 2.23. The molecule has 1 heterocycles. The molecular weight excluding hydrogens is 515 g/mol. The van der Waals surface area contributed by atoms with Crippen LogP contribution in [0.25, 0.3) is 0 Å². The Morgan fingerprint density at radius 1 is 1.16 bits per heavy atom. The van der Waals surface area contributed by atoms with Gasteiger partial charge in [0.05, 0.1) is 13.7 Å². The van der Waals surface area contributed by atoms with Gasteiger partial charge in [0.25, 0.3) is 0 Å². The van der Waals surface area contributed by atoms with Crippen LogP contribution in [-0.4, -0.2) is 56.4 Å². The van der Waals surface area contributed by atoms with E-state index in [1.54, 1.807) is 7.11 Å². The monoisotopic (exact) mass is 552 g/mol. The molecule has 6 nitrogen and oxygen atoms in total. The number of hydrogen-bond donors (Lipinski definition) is 2. The molecule has 3 rings (SSSR count). The molecule has 0 bridgehead atoms. The number of nitrogens with one attached hydrogen (secondary N) is 1. The first-order valence-electron chi connectivity index (χ1n) is 11.2. The molecule has 0 amide bonds. The molecule has 2 aromatic rings. The minimum Gasteiger partial charge on any atom is -0.496 e. The Morgan fingerprint density at radius 2 is 1.84 bits per heavy atom. The number of aliphatic imine (C=N–C) groups is 1. The van der Waals surface area contributed by atoms with Gasteiger partial charge in [-0.25, -0.2) is 4.99 Å². The summed E-state index contributed by atoms with van der Waals surface area (Å²) < 4.78 is 5.49. The van der Waals surface area contributed by atoms with Crippen LogP contribution in [0.3, 0.4) is 0 Å². The Morgan fingerprint density at radius 3 is 2.47 bits per heavy atom. The first-order valence-corrected chi connectivity index (χ1v) is 11.2. The number of hydrogen-bond acceptors (Lipinski definition) is 4. The Labute approximate surface area is 209 Å². The van der Waals surface area contributed by atoms with Crippen molar-refractivity contribution in [3.8, 4) is 5.75 Å². The van der Waals surface area contributed by atoms with E-state index in [1.807, 2.05) is 25.2 Å². The fourth-order valence-corrected chi connectivity index (χ4v) is 3.99. The molecule has 2 N–H and O–H groups in total. The van der Waals surface area contributed by atoms with Gasteiger partial charge >= 0.3 is 0 Å². The number of aliphatic hydroxyl groups excluding tert-OH is 1. The van der Waals surface area contributed by atoms with Crippen LogP contribution in [0.4, 0.5) is 5.69 Å². The van der Waals surface area contributed by atoms with Crippen LogP contribution in [0.2, 0.25) is 0 Å². The lowest BCUT2D eigenvalue weighted by Crippen LogP contribution is -2.38. The summed E-state index contributed by atoms with van der Waals surface area (Å²) in [6.07, 6.45) is 2.13. The minimum absolute atomic E-state index is 0. The second kappa shape index (κ2) is 13.5. The van der Waals surface area contributed by atoms with Crippen molar-refractivity contribution >= 4 is 35.6 Å². The second-order valence-electron chi connectivity index (χ2n) is 8.12. The summed E-state index contributed by atoms with van der Waals surface area (Å²) in [6.45, 7) is 6.59. The van der Waals surface area contributed by atoms with Crippen molar-refractivity contribution in [2.45, 2.75) is 32.9 Å². The molecule has 1 fully saturated rings. The van der Waals surface area contributed by atoms with Gasteiger partial charge in [0.2, 0.25) is 0 Å². The first kappa shape index (κ1) is 26.3. The Hall–Kier alpha value is -2.00. The molecule has 0 atom stereocenters. The van der Waals surface area contributed by atoms with Gasteiger partial charge < -0.3 is 25.0 Å². The zero-order valence-corrected chi connectivity index (χ0v) is 21.8. The van der Waals surface area contributed by atoms with Crippen LogP contribution < -0.4 is 15.0 Å². The number of ether oxygens (including phenoxy) is 1. The number of halogens is 1. The van der Waals surface area contributed by atoms with Gasteiger partial charge in [0.1, 0.15) is 5.75 Å². The number of piperidine rings is 1. The number of para-hydroxylation sites is 1. The van der Waals surface area contributed by atoms with E-state index in [1.165, 1.54) is 11.3 Å². The standard InChI is InChI=1S/C25H36N4O2.HI/c1-4-26-25(28(2)18-22-7-5-6-8-24(22)31-3)27-17-20-9-11-23(12-10-20)29-15-13-21(19-30)14-16-29;/h5-12,21,30H,4,13-19H2,1-3H3,(H,26,27);1H. The van der Waals surface area contributed by atoms with Crippen molar-refractivity contribution in [1.29, 1.82) is 0 Å². The van der Waals surface area contributed by atoms with E-state index in [9.17, 15) is 5.11 Å². The number of rotatable bonds is 8. The van der Waals surface area contributed by atoms with Crippen molar-refractivity contribution < 1.29 is 9.84 Å². The summed E-state index contributed by atoms with van der Waals surface area (Å²) in [6, 6.07) is 16.8. The van der Waals surface area contributed by atoms with Crippen LogP contribution in [0.15, 0.2) is 53.5 Å². The molecule has 1 aliphatic rings. The lowest BCUT2D eigenvalue weighted by molar-refractivity contribution is 0.203. The zero-order valence-electron chi connectivity index (χ0n) is 19.5. The molecule has 0 saturated carbocycles. The van der Waals surface area contributed by atoms with Crippen LogP contribution in [0, 0.1) is 5.92 Å². The molecule has 2 aromatic carbocycles. The van der Waals surface area contributed by atoms with Gasteiger partial charge in [0.15, 0.2) is 5.96 Å². The SMILES string of the molecule is CCNC(=NCc1ccc(N2CCC(CO)CC2)cc1)N(C)Cc1ccccc1OC.I. The molecule has 1 aliphatic heterocycles. The molecule has 0 radical (unpaired) electrons. The molecular formula is C25H37IN4O2. The molecule has 0 spiro atoms. The summed E-state index contributed by atoms with van der Waals surface area (Å²) >= 11 is 0. The smallest absolute Gasteiger partial charge is 0.194 e. The fraction of sp³-hybridized carbons (Fsp3) is 0.480.